The third kappa shape index (κ3) is 2.30. The largest absolute Gasteiger partial charge is 0.436 e. The Morgan fingerprint density at radius 3 is 2.39 bits per heavy atom. The summed E-state index contributed by atoms with van der Waals surface area (Å²) in [5.74, 6) is 0.645. The number of aromatic nitrogens is 4. The third-order valence-electron chi connectivity index (χ3n) is 4.13. The maximum absolute atomic E-state index is 6.00. The van der Waals surface area contributed by atoms with Gasteiger partial charge in [0.2, 0.25) is 5.89 Å². The molecule has 0 aliphatic heterocycles. The van der Waals surface area contributed by atoms with Gasteiger partial charge in [-0.25, -0.2) is 4.98 Å². The Hall–Kier alpha value is -2.95. The fourth-order valence-corrected chi connectivity index (χ4v) is 2.66. The van der Waals surface area contributed by atoms with Crippen molar-refractivity contribution in [3.8, 4) is 17.1 Å². The van der Waals surface area contributed by atoms with Crippen LogP contribution in [0.15, 0.2) is 47.4 Å². The topological polar surface area (TPSA) is 56.7 Å². The Balaban J connectivity index is 1.87. The van der Waals surface area contributed by atoms with Gasteiger partial charge in [-0.05, 0) is 61.7 Å². The van der Waals surface area contributed by atoms with Crippen LogP contribution >= 0.6 is 0 Å². The minimum atomic E-state index is 0.645. The zero-order chi connectivity index (χ0) is 16.0. The van der Waals surface area contributed by atoms with Gasteiger partial charge in [-0.3, -0.25) is 4.57 Å². The molecule has 0 spiro atoms. The van der Waals surface area contributed by atoms with E-state index in [1.165, 1.54) is 11.1 Å². The SMILES string of the molecule is Cc1ccc(-c2nc3cc(-n4cnnc4)cc(C)c3o2)cc1C. The molecule has 0 N–H and O–H groups in total. The number of aryl methyl sites for hydroxylation is 3. The van der Waals surface area contributed by atoms with Crippen molar-refractivity contribution in [3.05, 3.63) is 59.7 Å². The van der Waals surface area contributed by atoms with Gasteiger partial charge in [0.05, 0.1) is 5.69 Å². The predicted molar refractivity (Wildman–Crippen MR) is 88.6 cm³/mol. The van der Waals surface area contributed by atoms with Crippen molar-refractivity contribution in [2.75, 3.05) is 0 Å². The Morgan fingerprint density at radius 2 is 1.65 bits per heavy atom. The van der Waals surface area contributed by atoms with Gasteiger partial charge < -0.3 is 4.42 Å². The molecule has 0 amide bonds. The quantitative estimate of drug-likeness (QED) is 0.561. The van der Waals surface area contributed by atoms with E-state index in [4.69, 9.17) is 4.42 Å². The van der Waals surface area contributed by atoms with Crippen molar-refractivity contribution in [2.45, 2.75) is 20.8 Å². The lowest BCUT2D eigenvalue weighted by molar-refractivity contribution is 0.617. The molecule has 0 saturated heterocycles. The molecule has 23 heavy (non-hydrogen) atoms. The number of rotatable bonds is 2. The predicted octanol–water partition coefficient (Wildman–Crippen LogP) is 4.00. The highest BCUT2D eigenvalue weighted by molar-refractivity contribution is 5.81. The van der Waals surface area contributed by atoms with Crippen LogP contribution in [-0.4, -0.2) is 19.7 Å². The fraction of sp³-hybridized carbons (Fsp3) is 0.167. The van der Waals surface area contributed by atoms with E-state index < -0.39 is 0 Å². The molecule has 0 fully saturated rings. The molecule has 2 heterocycles. The number of oxazole rings is 1. The van der Waals surface area contributed by atoms with E-state index >= 15 is 0 Å². The second-order valence-corrected chi connectivity index (χ2v) is 5.80. The molecule has 5 nitrogen and oxygen atoms in total. The van der Waals surface area contributed by atoms with Gasteiger partial charge in [0, 0.05) is 5.56 Å². The summed E-state index contributed by atoms with van der Waals surface area (Å²) in [4.78, 5) is 4.66. The van der Waals surface area contributed by atoms with Crippen LogP contribution in [0.3, 0.4) is 0 Å². The molecule has 0 unspecified atom stereocenters. The highest BCUT2D eigenvalue weighted by Gasteiger charge is 2.12. The van der Waals surface area contributed by atoms with Gasteiger partial charge in [-0.15, -0.1) is 10.2 Å². The molecular weight excluding hydrogens is 288 g/mol. The molecule has 0 radical (unpaired) electrons. The van der Waals surface area contributed by atoms with Crippen LogP contribution in [0.25, 0.3) is 28.2 Å². The van der Waals surface area contributed by atoms with E-state index in [0.29, 0.717) is 5.89 Å². The third-order valence-corrected chi connectivity index (χ3v) is 4.13. The molecule has 2 aromatic heterocycles. The van der Waals surface area contributed by atoms with Crippen molar-refractivity contribution in [2.24, 2.45) is 0 Å². The molecule has 0 bridgehead atoms. The summed E-state index contributed by atoms with van der Waals surface area (Å²) in [5, 5.41) is 7.70. The normalized spacial score (nSPS) is 11.3. The van der Waals surface area contributed by atoms with Gasteiger partial charge in [-0.2, -0.15) is 0 Å². The second-order valence-electron chi connectivity index (χ2n) is 5.80. The van der Waals surface area contributed by atoms with E-state index in [9.17, 15) is 0 Å². The van der Waals surface area contributed by atoms with Gasteiger partial charge >= 0.3 is 0 Å². The average Bonchev–Trinajstić information content (AvgIpc) is 3.18. The van der Waals surface area contributed by atoms with Crippen molar-refractivity contribution in [1.82, 2.24) is 19.7 Å². The first-order valence-corrected chi connectivity index (χ1v) is 7.45. The molecule has 5 heteroatoms. The van der Waals surface area contributed by atoms with Crippen LogP contribution < -0.4 is 0 Å². The highest BCUT2D eigenvalue weighted by atomic mass is 16.3. The van der Waals surface area contributed by atoms with E-state index in [2.05, 4.69) is 41.2 Å². The van der Waals surface area contributed by atoms with E-state index in [1.54, 1.807) is 12.7 Å². The molecule has 0 saturated carbocycles. The molecule has 0 atom stereocenters. The summed E-state index contributed by atoms with van der Waals surface area (Å²) < 4.78 is 7.86. The number of hydrogen-bond acceptors (Lipinski definition) is 4. The molecule has 0 aliphatic carbocycles. The fourth-order valence-electron chi connectivity index (χ4n) is 2.66. The molecule has 2 aromatic carbocycles. The van der Waals surface area contributed by atoms with Gasteiger partial charge in [0.25, 0.3) is 0 Å². The first-order valence-electron chi connectivity index (χ1n) is 7.45. The number of nitrogens with zero attached hydrogens (tertiary/aromatic N) is 4. The Kier molecular flexibility index (Phi) is 3.01. The van der Waals surface area contributed by atoms with Crippen molar-refractivity contribution < 1.29 is 4.42 Å². The van der Waals surface area contributed by atoms with E-state index in [1.807, 2.05) is 29.7 Å². The van der Waals surface area contributed by atoms with Crippen LogP contribution in [0.5, 0.6) is 0 Å². The van der Waals surface area contributed by atoms with Gasteiger partial charge in [0.1, 0.15) is 18.2 Å². The zero-order valence-corrected chi connectivity index (χ0v) is 13.2. The van der Waals surface area contributed by atoms with Crippen LogP contribution in [0, 0.1) is 20.8 Å². The lowest BCUT2D eigenvalue weighted by Gasteiger charge is -2.02. The van der Waals surface area contributed by atoms with Crippen LogP contribution in [-0.2, 0) is 0 Å². The summed E-state index contributed by atoms with van der Waals surface area (Å²) >= 11 is 0. The van der Waals surface area contributed by atoms with Crippen molar-refractivity contribution >= 4 is 11.1 Å². The highest BCUT2D eigenvalue weighted by Crippen LogP contribution is 2.29. The minimum absolute atomic E-state index is 0.645. The molecular formula is C18H16N4O. The van der Waals surface area contributed by atoms with Gasteiger partial charge in [-0.1, -0.05) is 6.07 Å². The first-order chi connectivity index (χ1) is 11.1. The summed E-state index contributed by atoms with van der Waals surface area (Å²) in [5.41, 5.74) is 7.14. The number of fused-ring (bicyclic) bond motifs is 1. The Bertz CT molecular complexity index is 999. The summed E-state index contributed by atoms with van der Waals surface area (Å²) in [6, 6.07) is 10.3. The van der Waals surface area contributed by atoms with Crippen LogP contribution in [0.4, 0.5) is 0 Å². The molecule has 0 aliphatic rings. The van der Waals surface area contributed by atoms with Gasteiger partial charge in [0.15, 0.2) is 5.58 Å². The molecule has 4 rings (SSSR count). The maximum atomic E-state index is 6.00. The monoisotopic (exact) mass is 304 g/mol. The standard InChI is InChI=1S/C18H16N4O/c1-11-4-5-14(6-12(11)2)18-21-16-8-15(22-9-19-20-10-22)7-13(3)17(16)23-18/h4-10H,1-3H3. The summed E-state index contributed by atoms with van der Waals surface area (Å²) in [7, 11) is 0. The number of benzene rings is 2. The lowest BCUT2D eigenvalue weighted by Crippen LogP contribution is -1.91. The second kappa shape index (κ2) is 5.05. The Labute approximate surface area is 133 Å². The van der Waals surface area contributed by atoms with Crippen molar-refractivity contribution in [1.29, 1.82) is 0 Å². The number of hydrogen-bond donors (Lipinski definition) is 0. The van der Waals surface area contributed by atoms with Crippen LogP contribution in [0.2, 0.25) is 0 Å². The molecule has 4 aromatic rings. The minimum Gasteiger partial charge on any atom is -0.436 e. The van der Waals surface area contributed by atoms with E-state index in [-0.39, 0.29) is 0 Å². The lowest BCUT2D eigenvalue weighted by atomic mass is 10.1. The van der Waals surface area contributed by atoms with E-state index in [0.717, 1.165) is 27.9 Å². The summed E-state index contributed by atoms with van der Waals surface area (Å²) in [6.45, 7) is 6.21. The zero-order valence-electron chi connectivity index (χ0n) is 13.2. The summed E-state index contributed by atoms with van der Waals surface area (Å²) in [6.07, 6.45) is 3.34. The maximum Gasteiger partial charge on any atom is 0.227 e. The van der Waals surface area contributed by atoms with Crippen molar-refractivity contribution in [3.63, 3.8) is 0 Å². The smallest absolute Gasteiger partial charge is 0.227 e. The Morgan fingerprint density at radius 1 is 0.870 bits per heavy atom. The molecule has 114 valence electrons. The van der Waals surface area contributed by atoms with Crippen LogP contribution in [0.1, 0.15) is 16.7 Å². The average molecular weight is 304 g/mol. The first kappa shape index (κ1) is 13.7.